The molecule has 29 heteroatoms. The third-order valence-electron chi connectivity index (χ3n) is 10.4. The molecule has 6 unspecified atom stereocenters. The van der Waals surface area contributed by atoms with Gasteiger partial charge in [0.25, 0.3) is 21.8 Å². The monoisotopic (exact) mass is 1080 g/mol. The molecule has 0 bridgehead atoms. The Kier molecular flexibility index (Phi) is 21.0. The third-order valence-corrected chi connectivity index (χ3v) is 16.6. The number of fused-ring (bicyclic) bond motifs is 1. The van der Waals surface area contributed by atoms with Crippen LogP contribution in [-0.2, 0) is 86.6 Å². The molecule has 3 N–H and O–H groups in total. The predicted octanol–water partition coefficient (Wildman–Crippen LogP) is 1.28. The Morgan fingerprint density at radius 2 is 1.34 bits per heavy atom. The molecule has 2 aliphatic heterocycles. The number of esters is 6. The number of nitrogens with one attached hydrogen (secondary N) is 3. The molecule has 2 aromatic rings. The first-order valence-electron chi connectivity index (χ1n) is 22.5. The summed E-state index contributed by atoms with van der Waals surface area (Å²) < 4.78 is 104. The van der Waals surface area contributed by atoms with Gasteiger partial charge < -0.3 is 53.4 Å². The number of ether oxygens (including phenoxy) is 8. The SMILES string of the molecule is CCN[C@@H]1C[C@@H](C)S(=O)(=O)c2sc(S(=O)(=O)NC(=O)C(C)OC(=O)C(C)OC(=O)C(C)OC(=O)C(C)OC(=O)C(C)OC(=O)CCC(=O)OC(CNC(C)(C)C)COc3nsnc3N3CCOCC3)cc21. The van der Waals surface area contributed by atoms with E-state index < -0.39 is 127 Å². The molecule has 0 spiro atoms. The number of carbonyl (C=O) groups is 7. The number of rotatable bonds is 24. The largest absolute Gasteiger partial charge is 0.470 e. The smallest absolute Gasteiger partial charge is 0.347 e. The highest BCUT2D eigenvalue weighted by Crippen LogP contribution is 2.42. The Bertz CT molecular complexity index is 2450. The number of thiophene rings is 1. The standard InChI is InChI=1S/C42H62N6O19S4/c1-11-43-30-18-22(2)70(56,57)41-29(30)19-33(68-41)71(58,59)47-35(51)23(3)63-38(53)25(5)65-40(55)27(7)66-39(54)26(6)64-37(52)24(4)62-31(49)12-13-32(50)67-28(20-44-42(8,9)10)21-61-36-34(45-69-46-36)48-14-16-60-17-15-48/h19,22-28,30,43-44H,11-18,20-21H2,1-10H3,(H,47,51)/t22-,23?,24?,25?,26?,27?,28?,30-/m1/s1. The molecule has 1 fully saturated rings. The maximum atomic E-state index is 13.2. The van der Waals surface area contributed by atoms with Crippen LogP contribution in [0.5, 0.6) is 5.88 Å². The van der Waals surface area contributed by atoms with Crippen molar-refractivity contribution in [3.8, 4) is 5.88 Å². The molecule has 25 nitrogen and oxygen atoms in total. The lowest BCUT2D eigenvalue weighted by Gasteiger charge is -2.27. The minimum atomic E-state index is -4.63. The van der Waals surface area contributed by atoms with E-state index in [2.05, 4.69) is 19.4 Å². The summed E-state index contributed by atoms with van der Waals surface area (Å²) in [5.41, 5.74) is -0.0719. The lowest BCUT2D eigenvalue weighted by molar-refractivity contribution is -0.185. The van der Waals surface area contributed by atoms with Crippen LogP contribution in [0.1, 0.15) is 100 Å². The van der Waals surface area contributed by atoms with Crippen molar-refractivity contribution >= 4 is 90.5 Å². The van der Waals surface area contributed by atoms with E-state index in [1.54, 1.807) is 4.72 Å². The van der Waals surface area contributed by atoms with E-state index in [1.165, 1.54) is 13.0 Å². The first-order chi connectivity index (χ1) is 33.1. The van der Waals surface area contributed by atoms with Crippen molar-refractivity contribution in [3.05, 3.63) is 11.6 Å². The molecule has 0 aromatic carbocycles. The lowest BCUT2D eigenvalue weighted by Crippen LogP contribution is -2.44. The zero-order valence-electron chi connectivity index (χ0n) is 41.0. The lowest BCUT2D eigenvalue weighted by atomic mass is 10.1. The van der Waals surface area contributed by atoms with Crippen LogP contribution in [0.4, 0.5) is 5.82 Å². The van der Waals surface area contributed by atoms with Gasteiger partial charge in [0.15, 0.2) is 40.4 Å². The second-order valence-corrected chi connectivity index (χ2v) is 23.5. The van der Waals surface area contributed by atoms with Gasteiger partial charge in [0.1, 0.15) is 21.1 Å². The first kappa shape index (κ1) is 58.5. The van der Waals surface area contributed by atoms with Gasteiger partial charge in [0.05, 0.1) is 43.0 Å². The number of morpholine rings is 1. The average Bonchev–Trinajstić information content (AvgIpc) is 3.98. The van der Waals surface area contributed by atoms with Crippen LogP contribution >= 0.6 is 23.1 Å². The van der Waals surface area contributed by atoms with E-state index in [9.17, 15) is 50.4 Å². The van der Waals surface area contributed by atoms with Crippen LogP contribution < -0.4 is 25.0 Å². The molecular weight excluding hydrogens is 1020 g/mol. The fourth-order valence-electron chi connectivity index (χ4n) is 6.43. The maximum absolute atomic E-state index is 13.2. The summed E-state index contributed by atoms with van der Waals surface area (Å²) >= 11 is 1.47. The third kappa shape index (κ3) is 17.0. The summed E-state index contributed by atoms with van der Waals surface area (Å²) in [4.78, 5) is 91.1. The molecular formula is C42H62N6O19S4. The quantitative estimate of drug-likeness (QED) is 0.0984. The van der Waals surface area contributed by atoms with Crippen LogP contribution in [0.3, 0.4) is 0 Å². The number of aromatic nitrogens is 2. The molecule has 2 aromatic heterocycles. The van der Waals surface area contributed by atoms with Gasteiger partial charge in [-0.05, 0) is 81.3 Å². The van der Waals surface area contributed by atoms with Gasteiger partial charge in [-0.15, -0.1) is 15.7 Å². The molecule has 4 heterocycles. The summed E-state index contributed by atoms with van der Waals surface area (Å²) in [5, 5.41) is 5.60. The van der Waals surface area contributed by atoms with Crippen LogP contribution in [0.25, 0.3) is 0 Å². The number of hydrogen-bond donors (Lipinski definition) is 3. The Labute approximate surface area is 419 Å². The van der Waals surface area contributed by atoms with Gasteiger partial charge in [0, 0.05) is 36.8 Å². The summed E-state index contributed by atoms with van der Waals surface area (Å²) in [6.07, 6.45) is -9.79. The number of amides is 1. The van der Waals surface area contributed by atoms with Crippen LogP contribution in [-0.4, -0.2) is 161 Å². The van der Waals surface area contributed by atoms with Crippen molar-refractivity contribution in [3.63, 3.8) is 0 Å². The second-order valence-electron chi connectivity index (χ2n) is 17.5. The van der Waals surface area contributed by atoms with E-state index >= 15 is 0 Å². The van der Waals surface area contributed by atoms with Gasteiger partial charge in [-0.2, -0.15) is 4.37 Å². The molecule has 8 atom stereocenters. The Morgan fingerprint density at radius 3 is 1.87 bits per heavy atom. The maximum Gasteiger partial charge on any atom is 0.347 e. The molecule has 0 aliphatic carbocycles. The van der Waals surface area contributed by atoms with Crippen molar-refractivity contribution in [1.29, 1.82) is 0 Å². The van der Waals surface area contributed by atoms with E-state index in [1.807, 2.05) is 32.6 Å². The number of sulfonamides is 1. The highest BCUT2D eigenvalue weighted by atomic mass is 32.3. The molecule has 1 amide bonds. The van der Waals surface area contributed by atoms with Crippen molar-refractivity contribution < 1.29 is 88.3 Å². The molecule has 2 aliphatic rings. The fourth-order valence-corrected chi connectivity index (χ4v) is 12.0. The van der Waals surface area contributed by atoms with Crippen molar-refractivity contribution in [2.24, 2.45) is 0 Å². The summed E-state index contributed by atoms with van der Waals surface area (Å²) in [6, 6.07) is 0.740. The summed E-state index contributed by atoms with van der Waals surface area (Å²) in [5.74, 6) is -7.12. The second kappa shape index (κ2) is 25.5. The zero-order chi connectivity index (χ0) is 53.0. The number of nitrogens with zero attached hydrogens (tertiary/aromatic N) is 3. The molecule has 4 rings (SSSR count). The van der Waals surface area contributed by atoms with Crippen LogP contribution in [0.2, 0.25) is 0 Å². The zero-order valence-corrected chi connectivity index (χ0v) is 44.3. The van der Waals surface area contributed by atoms with Gasteiger partial charge in [-0.3, -0.25) is 14.4 Å². The van der Waals surface area contributed by atoms with E-state index in [0.717, 1.165) is 46.3 Å². The molecule has 0 radical (unpaired) electrons. The van der Waals surface area contributed by atoms with Gasteiger partial charge in [-0.1, -0.05) is 6.92 Å². The minimum absolute atomic E-state index is 0.0746. The number of anilines is 1. The number of sulfone groups is 1. The predicted molar refractivity (Wildman–Crippen MR) is 250 cm³/mol. The van der Waals surface area contributed by atoms with Gasteiger partial charge in [-0.25, -0.2) is 40.7 Å². The topological polar surface area (TPSA) is 327 Å². The van der Waals surface area contributed by atoms with Crippen molar-refractivity contribution in [2.45, 2.75) is 150 Å². The molecule has 71 heavy (non-hydrogen) atoms. The first-order valence-corrected chi connectivity index (χ1v) is 27.1. The molecule has 398 valence electrons. The van der Waals surface area contributed by atoms with Gasteiger partial charge >= 0.3 is 35.8 Å². The number of hydrogen-bond acceptors (Lipinski definition) is 26. The summed E-state index contributed by atoms with van der Waals surface area (Å²) in [7, 11) is -8.46. The fraction of sp³-hybridized carbons (Fsp3) is 0.690. The normalized spacial score (nSPS) is 19.3. The Hall–Kier alpha value is -5.07. The Morgan fingerprint density at radius 1 is 0.817 bits per heavy atom. The Balaban J connectivity index is 1.18. The highest BCUT2D eigenvalue weighted by molar-refractivity contribution is 7.95. The van der Waals surface area contributed by atoms with Crippen molar-refractivity contribution in [2.75, 3.05) is 50.9 Å². The molecule has 1 saturated heterocycles. The van der Waals surface area contributed by atoms with Gasteiger partial charge in [0.2, 0.25) is 5.82 Å². The molecule has 0 saturated carbocycles. The average molecular weight is 1080 g/mol. The van der Waals surface area contributed by atoms with E-state index in [4.69, 9.17) is 37.9 Å². The van der Waals surface area contributed by atoms with Crippen LogP contribution in [0, 0.1) is 0 Å². The van der Waals surface area contributed by atoms with E-state index in [0.29, 0.717) is 50.0 Å². The highest BCUT2D eigenvalue weighted by Gasteiger charge is 2.40. The number of carbonyl (C=O) groups excluding carboxylic acids is 7. The van der Waals surface area contributed by atoms with E-state index in [-0.39, 0.29) is 40.8 Å². The van der Waals surface area contributed by atoms with Crippen LogP contribution in [0.15, 0.2) is 14.5 Å². The summed E-state index contributed by atoms with van der Waals surface area (Å²) in [6.45, 7) is 17.5. The van der Waals surface area contributed by atoms with Crippen molar-refractivity contribution in [1.82, 2.24) is 24.1 Å². The minimum Gasteiger partial charge on any atom is -0.470 e.